The Labute approximate surface area is 86.6 Å². The van der Waals surface area contributed by atoms with Crippen molar-refractivity contribution in [3.8, 4) is 0 Å². The molecule has 0 atom stereocenters. The van der Waals surface area contributed by atoms with Gasteiger partial charge >= 0.3 is 6.03 Å². The topological polar surface area (TPSA) is 41.1 Å². The lowest BCUT2D eigenvalue weighted by molar-refractivity contribution is 0.240. The Hall–Kier alpha value is -0.730. The summed E-state index contributed by atoms with van der Waals surface area (Å²) in [6.07, 6.45) is 10.1. The number of urea groups is 1. The summed E-state index contributed by atoms with van der Waals surface area (Å²) in [4.78, 5) is 11.2. The van der Waals surface area contributed by atoms with Crippen LogP contribution in [0.3, 0.4) is 0 Å². The molecule has 1 saturated heterocycles. The monoisotopic (exact) mass is 198 g/mol. The highest BCUT2D eigenvalue weighted by molar-refractivity contribution is 5.73. The first kappa shape index (κ1) is 11.3. The first-order valence-electron chi connectivity index (χ1n) is 5.91. The van der Waals surface area contributed by atoms with E-state index in [0.717, 1.165) is 25.9 Å². The van der Waals surface area contributed by atoms with Crippen molar-refractivity contribution >= 4 is 6.03 Å². The van der Waals surface area contributed by atoms with Crippen LogP contribution in [0.1, 0.15) is 51.4 Å². The molecule has 1 fully saturated rings. The Balaban J connectivity index is 2.15. The number of amides is 2. The van der Waals surface area contributed by atoms with Gasteiger partial charge in [0.05, 0.1) is 0 Å². The molecular weight excluding hydrogens is 176 g/mol. The molecule has 0 aromatic heterocycles. The van der Waals surface area contributed by atoms with Gasteiger partial charge in [-0.25, -0.2) is 4.79 Å². The van der Waals surface area contributed by atoms with Gasteiger partial charge < -0.3 is 10.6 Å². The first-order valence-corrected chi connectivity index (χ1v) is 5.91. The number of nitrogens with one attached hydrogen (secondary N) is 2. The smallest absolute Gasteiger partial charge is 0.314 e. The lowest BCUT2D eigenvalue weighted by Crippen LogP contribution is -2.36. The molecule has 2 amide bonds. The summed E-state index contributed by atoms with van der Waals surface area (Å²) in [7, 11) is 0. The number of hydrogen-bond acceptors (Lipinski definition) is 1. The molecule has 1 aliphatic rings. The van der Waals surface area contributed by atoms with Crippen molar-refractivity contribution < 1.29 is 4.79 Å². The van der Waals surface area contributed by atoms with Crippen molar-refractivity contribution in [3.05, 3.63) is 0 Å². The van der Waals surface area contributed by atoms with Crippen LogP contribution in [0.25, 0.3) is 0 Å². The average molecular weight is 198 g/mol. The molecule has 82 valence electrons. The highest BCUT2D eigenvalue weighted by Gasteiger charge is 1.99. The van der Waals surface area contributed by atoms with Crippen LogP contribution in [0.2, 0.25) is 0 Å². The van der Waals surface area contributed by atoms with E-state index in [1.165, 1.54) is 38.5 Å². The van der Waals surface area contributed by atoms with E-state index in [9.17, 15) is 4.79 Å². The molecular formula is C11H22N2O. The largest absolute Gasteiger partial charge is 0.338 e. The fraction of sp³-hybridized carbons (Fsp3) is 0.909. The molecule has 0 aromatic carbocycles. The maximum Gasteiger partial charge on any atom is 0.314 e. The van der Waals surface area contributed by atoms with Crippen LogP contribution in [0.5, 0.6) is 0 Å². The molecule has 1 aliphatic heterocycles. The van der Waals surface area contributed by atoms with Gasteiger partial charge in [0.25, 0.3) is 0 Å². The van der Waals surface area contributed by atoms with Crippen LogP contribution in [-0.4, -0.2) is 19.1 Å². The Morgan fingerprint density at radius 2 is 1.00 bits per heavy atom. The quantitative estimate of drug-likeness (QED) is 0.616. The van der Waals surface area contributed by atoms with E-state index in [4.69, 9.17) is 0 Å². The van der Waals surface area contributed by atoms with Gasteiger partial charge in [0, 0.05) is 13.1 Å². The summed E-state index contributed by atoms with van der Waals surface area (Å²) >= 11 is 0. The molecule has 1 rings (SSSR count). The van der Waals surface area contributed by atoms with Crippen LogP contribution in [0.4, 0.5) is 4.79 Å². The maximum atomic E-state index is 11.2. The minimum absolute atomic E-state index is 0.00393. The summed E-state index contributed by atoms with van der Waals surface area (Å²) < 4.78 is 0. The molecule has 0 unspecified atom stereocenters. The molecule has 0 radical (unpaired) electrons. The molecule has 3 heteroatoms. The summed E-state index contributed by atoms with van der Waals surface area (Å²) in [5.74, 6) is 0. The lowest BCUT2D eigenvalue weighted by atomic mass is 10.1. The van der Waals surface area contributed by atoms with Gasteiger partial charge in [-0.15, -0.1) is 0 Å². The zero-order valence-electron chi connectivity index (χ0n) is 8.98. The number of hydrogen-bond donors (Lipinski definition) is 2. The van der Waals surface area contributed by atoms with Crippen molar-refractivity contribution in [1.29, 1.82) is 0 Å². The lowest BCUT2D eigenvalue weighted by Gasteiger charge is -2.05. The highest BCUT2D eigenvalue weighted by atomic mass is 16.2. The first-order chi connectivity index (χ1) is 6.89. The van der Waals surface area contributed by atoms with Gasteiger partial charge in [-0.3, -0.25) is 0 Å². The minimum atomic E-state index is 0.00393. The van der Waals surface area contributed by atoms with Gasteiger partial charge in [-0.2, -0.15) is 0 Å². The summed E-state index contributed by atoms with van der Waals surface area (Å²) in [6, 6.07) is 0.00393. The predicted molar refractivity (Wildman–Crippen MR) is 58.3 cm³/mol. The van der Waals surface area contributed by atoms with Gasteiger partial charge in [-0.05, 0) is 12.8 Å². The number of rotatable bonds is 0. The predicted octanol–water partition coefficient (Wildman–Crippen LogP) is 2.42. The maximum absolute atomic E-state index is 11.2. The fourth-order valence-corrected chi connectivity index (χ4v) is 1.78. The second-order valence-electron chi connectivity index (χ2n) is 4.01. The zero-order valence-corrected chi connectivity index (χ0v) is 8.98. The molecule has 0 bridgehead atoms. The van der Waals surface area contributed by atoms with Crippen molar-refractivity contribution in [2.45, 2.75) is 51.4 Å². The molecule has 0 saturated carbocycles. The second-order valence-corrected chi connectivity index (χ2v) is 4.01. The SMILES string of the molecule is O=C1NCCCCCCCCCCN1. The molecule has 1 heterocycles. The average Bonchev–Trinajstić information content (AvgIpc) is 2.20. The van der Waals surface area contributed by atoms with Gasteiger partial charge in [0.1, 0.15) is 0 Å². The zero-order chi connectivity index (χ0) is 10.1. The third kappa shape index (κ3) is 5.84. The van der Waals surface area contributed by atoms with E-state index in [1.54, 1.807) is 0 Å². The van der Waals surface area contributed by atoms with E-state index in [-0.39, 0.29) is 6.03 Å². The van der Waals surface area contributed by atoms with Crippen LogP contribution >= 0.6 is 0 Å². The standard InChI is InChI=1S/C11H22N2O/c14-11-12-9-7-5-3-1-2-4-6-8-10-13-11/h1-10H2,(H2,12,13,14). The third-order valence-electron chi connectivity index (χ3n) is 2.67. The second kappa shape index (κ2) is 7.65. The number of carbonyl (C=O) groups is 1. The summed E-state index contributed by atoms with van der Waals surface area (Å²) in [5.41, 5.74) is 0. The molecule has 0 aromatic rings. The Morgan fingerprint density at radius 3 is 1.43 bits per heavy atom. The van der Waals surface area contributed by atoms with E-state index >= 15 is 0 Å². The Morgan fingerprint density at radius 1 is 0.643 bits per heavy atom. The number of carbonyl (C=O) groups excluding carboxylic acids is 1. The van der Waals surface area contributed by atoms with E-state index < -0.39 is 0 Å². The summed E-state index contributed by atoms with van der Waals surface area (Å²) in [5, 5.41) is 5.74. The molecule has 0 spiro atoms. The van der Waals surface area contributed by atoms with E-state index in [2.05, 4.69) is 10.6 Å². The van der Waals surface area contributed by atoms with Crippen LogP contribution in [-0.2, 0) is 0 Å². The van der Waals surface area contributed by atoms with Crippen LogP contribution in [0.15, 0.2) is 0 Å². The van der Waals surface area contributed by atoms with Crippen LogP contribution < -0.4 is 10.6 Å². The Bertz CT molecular complexity index is 143. The van der Waals surface area contributed by atoms with Crippen molar-refractivity contribution in [2.24, 2.45) is 0 Å². The third-order valence-corrected chi connectivity index (χ3v) is 2.67. The fourth-order valence-electron chi connectivity index (χ4n) is 1.78. The van der Waals surface area contributed by atoms with Gasteiger partial charge in [0.2, 0.25) is 0 Å². The van der Waals surface area contributed by atoms with Crippen LogP contribution in [0, 0.1) is 0 Å². The van der Waals surface area contributed by atoms with Crippen molar-refractivity contribution in [2.75, 3.05) is 13.1 Å². The molecule has 0 aliphatic carbocycles. The van der Waals surface area contributed by atoms with Crippen molar-refractivity contribution in [3.63, 3.8) is 0 Å². The molecule has 2 N–H and O–H groups in total. The van der Waals surface area contributed by atoms with Gasteiger partial charge in [-0.1, -0.05) is 38.5 Å². The van der Waals surface area contributed by atoms with E-state index in [0.29, 0.717) is 0 Å². The van der Waals surface area contributed by atoms with Crippen molar-refractivity contribution in [1.82, 2.24) is 10.6 Å². The summed E-state index contributed by atoms with van der Waals surface area (Å²) in [6.45, 7) is 1.65. The highest BCUT2D eigenvalue weighted by Crippen LogP contribution is 2.08. The normalized spacial score (nSPS) is 22.1. The molecule has 3 nitrogen and oxygen atoms in total. The minimum Gasteiger partial charge on any atom is -0.338 e. The van der Waals surface area contributed by atoms with Gasteiger partial charge in [0.15, 0.2) is 0 Å². The van der Waals surface area contributed by atoms with E-state index in [1.807, 2.05) is 0 Å². The molecule has 14 heavy (non-hydrogen) atoms. The Kier molecular flexibility index (Phi) is 6.20.